The highest BCUT2D eigenvalue weighted by atomic mass is 19.1. The molecule has 1 fully saturated rings. The normalized spacial score (nSPS) is 15.6. The summed E-state index contributed by atoms with van der Waals surface area (Å²) in [5.41, 5.74) is 8.65. The molecule has 0 amide bonds. The number of phenols is 1. The number of nitrogens with one attached hydrogen (secondary N) is 2. The van der Waals surface area contributed by atoms with E-state index in [0.29, 0.717) is 19.7 Å². The number of anilines is 4. The smallest absolute Gasteiger partial charge is 0.245 e. The van der Waals surface area contributed by atoms with E-state index >= 15 is 0 Å². The minimum absolute atomic E-state index is 0.0111. The summed E-state index contributed by atoms with van der Waals surface area (Å²) in [6.45, 7) is 5.62. The number of aromatic nitrogens is 2. The highest BCUT2D eigenvalue weighted by Gasteiger charge is 2.21. The van der Waals surface area contributed by atoms with Gasteiger partial charge in [-0.1, -0.05) is 30.3 Å². The van der Waals surface area contributed by atoms with Crippen molar-refractivity contribution in [3.8, 4) is 16.9 Å². The standard InChI is InChI=1S/C29H29FN6O2/c1-19-14-25(33-24-9-6-21(7-10-24)22-4-3-5-26(37)15-22)11-8-23(19)16-32-35-29-31-17-27(30)28(34-29)36-12-13-38-20(2)18-36/h3-11,14-17,20,33,37H,12-13,18H2,1-2H3,(H,31,34,35)/b32-16+. The molecule has 1 aliphatic rings. The van der Waals surface area contributed by atoms with E-state index in [1.54, 1.807) is 18.3 Å². The Morgan fingerprint density at radius 1 is 1.08 bits per heavy atom. The summed E-state index contributed by atoms with van der Waals surface area (Å²) in [6.07, 6.45) is 2.85. The Bertz CT molecular complexity index is 1440. The van der Waals surface area contributed by atoms with Crippen molar-refractivity contribution in [2.24, 2.45) is 5.10 Å². The van der Waals surface area contributed by atoms with Crippen LogP contribution in [0, 0.1) is 12.7 Å². The van der Waals surface area contributed by atoms with Crippen molar-refractivity contribution in [1.29, 1.82) is 0 Å². The molecule has 2 heterocycles. The van der Waals surface area contributed by atoms with Gasteiger partial charge in [0.15, 0.2) is 11.6 Å². The molecule has 0 aliphatic carbocycles. The zero-order valence-corrected chi connectivity index (χ0v) is 21.2. The molecule has 3 N–H and O–H groups in total. The number of hydrogen-bond donors (Lipinski definition) is 3. The summed E-state index contributed by atoms with van der Waals surface area (Å²) in [5.74, 6) is 0.245. The van der Waals surface area contributed by atoms with Gasteiger partial charge >= 0.3 is 0 Å². The SMILES string of the molecule is Cc1cc(Nc2ccc(-c3cccc(O)c3)cc2)ccc1/C=N/Nc1ncc(F)c(N2CCOC(C)C2)n1. The number of halogens is 1. The van der Waals surface area contributed by atoms with Crippen LogP contribution in [0.2, 0.25) is 0 Å². The van der Waals surface area contributed by atoms with E-state index in [9.17, 15) is 9.50 Å². The molecule has 1 aromatic heterocycles. The van der Waals surface area contributed by atoms with Gasteiger partial charge in [-0.05, 0) is 72.5 Å². The van der Waals surface area contributed by atoms with Gasteiger partial charge in [0.05, 0.1) is 25.1 Å². The van der Waals surface area contributed by atoms with Crippen molar-refractivity contribution in [2.75, 3.05) is 35.3 Å². The Morgan fingerprint density at radius 2 is 1.89 bits per heavy atom. The lowest BCUT2D eigenvalue weighted by atomic mass is 10.0. The van der Waals surface area contributed by atoms with Crippen molar-refractivity contribution in [2.45, 2.75) is 20.0 Å². The van der Waals surface area contributed by atoms with Gasteiger partial charge in [0, 0.05) is 24.5 Å². The number of aromatic hydroxyl groups is 1. The van der Waals surface area contributed by atoms with Gasteiger partial charge in [0.1, 0.15) is 5.75 Å². The molecular formula is C29H29FN6O2. The summed E-state index contributed by atoms with van der Waals surface area (Å²) in [6, 6.07) is 21.2. The average molecular weight is 513 g/mol. The first kappa shape index (κ1) is 25.2. The number of nitrogens with zero attached hydrogens (tertiary/aromatic N) is 4. The van der Waals surface area contributed by atoms with Crippen LogP contribution in [-0.2, 0) is 4.74 Å². The Morgan fingerprint density at radius 3 is 2.66 bits per heavy atom. The van der Waals surface area contributed by atoms with Crippen LogP contribution < -0.4 is 15.6 Å². The second-order valence-corrected chi connectivity index (χ2v) is 9.19. The van der Waals surface area contributed by atoms with Crippen molar-refractivity contribution >= 4 is 29.4 Å². The maximum atomic E-state index is 14.3. The van der Waals surface area contributed by atoms with Crippen molar-refractivity contribution in [3.05, 3.63) is 89.9 Å². The number of morpholine rings is 1. The van der Waals surface area contributed by atoms with Crippen LogP contribution in [0.5, 0.6) is 5.75 Å². The maximum Gasteiger partial charge on any atom is 0.245 e. The lowest BCUT2D eigenvalue weighted by Gasteiger charge is -2.32. The van der Waals surface area contributed by atoms with Crippen LogP contribution in [0.4, 0.5) is 27.5 Å². The molecule has 0 saturated carbocycles. The predicted molar refractivity (Wildman–Crippen MR) is 149 cm³/mol. The van der Waals surface area contributed by atoms with E-state index in [1.807, 2.05) is 73.3 Å². The molecular weight excluding hydrogens is 483 g/mol. The fourth-order valence-corrected chi connectivity index (χ4v) is 4.30. The molecule has 8 nitrogen and oxygen atoms in total. The molecule has 0 spiro atoms. The van der Waals surface area contributed by atoms with Crippen LogP contribution in [0.3, 0.4) is 0 Å². The summed E-state index contributed by atoms with van der Waals surface area (Å²) in [5, 5.41) is 17.4. The van der Waals surface area contributed by atoms with E-state index in [-0.39, 0.29) is 23.6 Å². The quantitative estimate of drug-likeness (QED) is 0.216. The molecule has 0 radical (unpaired) electrons. The molecule has 1 unspecified atom stereocenters. The van der Waals surface area contributed by atoms with Gasteiger partial charge in [-0.2, -0.15) is 10.1 Å². The first-order valence-corrected chi connectivity index (χ1v) is 12.4. The summed E-state index contributed by atoms with van der Waals surface area (Å²) < 4.78 is 19.9. The van der Waals surface area contributed by atoms with Gasteiger partial charge in [0.2, 0.25) is 5.95 Å². The third kappa shape index (κ3) is 6.07. The van der Waals surface area contributed by atoms with E-state index in [1.165, 1.54) is 0 Å². The molecule has 3 aromatic carbocycles. The number of aryl methyl sites for hydroxylation is 1. The average Bonchev–Trinajstić information content (AvgIpc) is 2.91. The van der Waals surface area contributed by atoms with E-state index in [2.05, 4.69) is 25.8 Å². The largest absolute Gasteiger partial charge is 0.508 e. The lowest BCUT2D eigenvalue weighted by molar-refractivity contribution is 0.0527. The minimum atomic E-state index is -0.471. The number of hydrogen-bond acceptors (Lipinski definition) is 8. The fraction of sp³-hybridized carbons (Fsp3) is 0.207. The van der Waals surface area contributed by atoms with Crippen molar-refractivity contribution in [1.82, 2.24) is 9.97 Å². The predicted octanol–water partition coefficient (Wildman–Crippen LogP) is 5.71. The van der Waals surface area contributed by atoms with Crippen molar-refractivity contribution < 1.29 is 14.2 Å². The van der Waals surface area contributed by atoms with Crippen LogP contribution in [0.1, 0.15) is 18.1 Å². The summed E-state index contributed by atoms with van der Waals surface area (Å²) >= 11 is 0. The number of ether oxygens (including phenoxy) is 1. The molecule has 5 rings (SSSR count). The zero-order chi connectivity index (χ0) is 26.5. The summed E-state index contributed by atoms with van der Waals surface area (Å²) in [4.78, 5) is 10.2. The maximum absolute atomic E-state index is 14.3. The van der Waals surface area contributed by atoms with Gasteiger partial charge in [-0.15, -0.1) is 0 Å². The lowest BCUT2D eigenvalue weighted by Crippen LogP contribution is -2.42. The van der Waals surface area contributed by atoms with Crippen LogP contribution in [0.15, 0.2) is 78.0 Å². The van der Waals surface area contributed by atoms with E-state index < -0.39 is 5.82 Å². The minimum Gasteiger partial charge on any atom is -0.508 e. The first-order valence-electron chi connectivity index (χ1n) is 12.4. The third-order valence-electron chi connectivity index (χ3n) is 6.26. The number of rotatable bonds is 7. The van der Waals surface area contributed by atoms with E-state index in [4.69, 9.17) is 4.74 Å². The van der Waals surface area contributed by atoms with Gasteiger partial charge < -0.3 is 20.1 Å². The zero-order valence-electron chi connectivity index (χ0n) is 21.2. The Hall–Kier alpha value is -4.50. The first-order chi connectivity index (χ1) is 18.4. The second-order valence-electron chi connectivity index (χ2n) is 9.19. The molecule has 9 heteroatoms. The molecule has 1 saturated heterocycles. The molecule has 4 aromatic rings. The van der Waals surface area contributed by atoms with Crippen LogP contribution in [0.25, 0.3) is 11.1 Å². The van der Waals surface area contributed by atoms with E-state index in [0.717, 1.165) is 39.8 Å². The Balaban J connectivity index is 1.21. The highest BCUT2D eigenvalue weighted by Crippen LogP contribution is 2.26. The molecule has 0 bridgehead atoms. The van der Waals surface area contributed by atoms with Gasteiger partial charge in [0.25, 0.3) is 0 Å². The fourth-order valence-electron chi connectivity index (χ4n) is 4.30. The Labute approximate surface area is 220 Å². The van der Waals surface area contributed by atoms with Crippen LogP contribution in [-0.4, -0.2) is 47.1 Å². The second kappa shape index (κ2) is 11.3. The monoisotopic (exact) mass is 512 g/mol. The number of benzene rings is 3. The number of hydrazone groups is 1. The molecule has 194 valence electrons. The highest BCUT2D eigenvalue weighted by molar-refractivity contribution is 5.83. The molecule has 1 atom stereocenters. The Kier molecular flexibility index (Phi) is 7.46. The van der Waals surface area contributed by atoms with Crippen molar-refractivity contribution in [3.63, 3.8) is 0 Å². The van der Waals surface area contributed by atoms with Crippen LogP contribution >= 0.6 is 0 Å². The number of phenolic OH excluding ortho intramolecular Hbond substituents is 1. The molecule has 38 heavy (non-hydrogen) atoms. The van der Waals surface area contributed by atoms with Gasteiger partial charge in [-0.25, -0.2) is 14.8 Å². The molecule has 1 aliphatic heterocycles. The topological polar surface area (TPSA) is 94.9 Å². The summed E-state index contributed by atoms with van der Waals surface area (Å²) in [7, 11) is 0. The third-order valence-corrected chi connectivity index (χ3v) is 6.26. The van der Waals surface area contributed by atoms with Gasteiger partial charge in [-0.3, -0.25) is 0 Å².